The van der Waals surface area contributed by atoms with Crippen molar-refractivity contribution < 1.29 is 5.11 Å². The first-order valence-corrected chi connectivity index (χ1v) is 4.39. The molecule has 1 nitrogen and oxygen atoms in total. The highest BCUT2D eigenvalue weighted by Gasteiger charge is 1.87. The molecule has 0 aliphatic carbocycles. The van der Waals surface area contributed by atoms with E-state index >= 15 is 0 Å². The van der Waals surface area contributed by atoms with Crippen LogP contribution in [-0.4, -0.2) is 5.11 Å². The second-order valence-electron chi connectivity index (χ2n) is 2.80. The van der Waals surface area contributed by atoms with Gasteiger partial charge in [0.05, 0.1) is 5.76 Å². The number of rotatable bonds is 4. The van der Waals surface area contributed by atoms with Gasteiger partial charge in [-0.3, -0.25) is 0 Å². The fourth-order valence-electron chi connectivity index (χ4n) is 0.953. The van der Waals surface area contributed by atoms with Crippen molar-refractivity contribution in [3.63, 3.8) is 0 Å². The summed E-state index contributed by atoms with van der Waals surface area (Å²) in [5.74, 6) is 0.355. The highest BCUT2D eigenvalue weighted by Crippen LogP contribution is 2.07. The Balaban J connectivity index is 4.27. The largest absolute Gasteiger partial charge is 0.513 e. The maximum atomic E-state index is 8.93. The van der Waals surface area contributed by atoms with Gasteiger partial charge >= 0.3 is 0 Å². The zero-order valence-electron chi connectivity index (χ0n) is 8.17. The van der Waals surface area contributed by atoms with E-state index in [1.54, 1.807) is 13.0 Å². The van der Waals surface area contributed by atoms with Crippen molar-refractivity contribution in [3.8, 4) is 0 Å². The lowest BCUT2D eigenvalue weighted by atomic mass is 10.1. The van der Waals surface area contributed by atoms with E-state index in [0.717, 1.165) is 12.8 Å². The van der Waals surface area contributed by atoms with E-state index in [0.29, 0.717) is 5.76 Å². The highest BCUT2D eigenvalue weighted by atomic mass is 16.3. The summed E-state index contributed by atoms with van der Waals surface area (Å²) in [4.78, 5) is 0. The second kappa shape index (κ2) is 6.71. The molecule has 1 N–H and O–H groups in total. The van der Waals surface area contributed by atoms with Crippen molar-refractivity contribution in [1.29, 1.82) is 0 Å². The standard InChI is InChI=1S/C11H18O/c1-4-6-11(7-5-2)9-8-10(3)12/h4,6,8-9,12H,5,7H2,1-3H3/b6-4-,10-8+,11-9+. The molecule has 0 aromatic carbocycles. The molecule has 68 valence electrons. The normalized spacial score (nSPS) is 14.2. The van der Waals surface area contributed by atoms with Crippen LogP contribution in [0, 0.1) is 0 Å². The molecular formula is C11H18O. The Hall–Kier alpha value is -0.980. The van der Waals surface area contributed by atoms with Crippen LogP contribution in [-0.2, 0) is 0 Å². The molecule has 0 aromatic heterocycles. The molecular weight excluding hydrogens is 148 g/mol. The summed E-state index contributed by atoms with van der Waals surface area (Å²) in [6.07, 6.45) is 9.97. The van der Waals surface area contributed by atoms with Gasteiger partial charge in [0.25, 0.3) is 0 Å². The molecule has 0 saturated carbocycles. The van der Waals surface area contributed by atoms with Crippen LogP contribution in [0.3, 0.4) is 0 Å². The van der Waals surface area contributed by atoms with Crippen molar-refractivity contribution in [1.82, 2.24) is 0 Å². The molecule has 1 heteroatoms. The number of hydrogen-bond donors (Lipinski definition) is 1. The first kappa shape index (κ1) is 11.0. The van der Waals surface area contributed by atoms with Gasteiger partial charge in [0.2, 0.25) is 0 Å². The molecule has 0 amide bonds. The van der Waals surface area contributed by atoms with Crippen LogP contribution in [0.15, 0.2) is 35.6 Å². The monoisotopic (exact) mass is 166 g/mol. The average Bonchev–Trinajstić information content (AvgIpc) is 2.01. The average molecular weight is 166 g/mol. The summed E-state index contributed by atoms with van der Waals surface area (Å²) in [6.45, 7) is 5.82. The zero-order chi connectivity index (χ0) is 9.40. The summed E-state index contributed by atoms with van der Waals surface area (Å²) in [5, 5.41) is 8.93. The molecule has 0 rings (SSSR count). The van der Waals surface area contributed by atoms with Crippen LogP contribution >= 0.6 is 0 Å². The lowest BCUT2D eigenvalue weighted by Gasteiger charge is -1.96. The van der Waals surface area contributed by atoms with Crippen LogP contribution in [0.4, 0.5) is 0 Å². The zero-order valence-corrected chi connectivity index (χ0v) is 8.17. The smallest absolute Gasteiger partial charge is 0.0891 e. The predicted octanol–water partition coefficient (Wildman–Crippen LogP) is 3.75. The van der Waals surface area contributed by atoms with Crippen LogP contribution in [0.2, 0.25) is 0 Å². The summed E-state index contributed by atoms with van der Waals surface area (Å²) in [7, 11) is 0. The van der Waals surface area contributed by atoms with E-state index in [4.69, 9.17) is 5.11 Å². The molecule has 0 atom stereocenters. The van der Waals surface area contributed by atoms with Crippen LogP contribution in [0.25, 0.3) is 0 Å². The minimum Gasteiger partial charge on any atom is -0.513 e. The predicted molar refractivity (Wildman–Crippen MR) is 54.2 cm³/mol. The van der Waals surface area contributed by atoms with Gasteiger partial charge in [-0.2, -0.15) is 0 Å². The molecule has 0 unspecified atom stereocenters. The molecule has 0 aliphatic rings. The molecule has 0 radical (unpaired) electrons. The van der Waals surface area contributed by atoms with Gasteiger partial charge in [-0.1, -0.05) is 31.6 Å². The van der Waals surface area contributed by atoms with Gasteiger partial charge in [-0.05, 0) is 31.9 Å². The maximum Gasteiger partial charge on any atom is 0.0891 e. The third-order valence-electron chi connectivity index (χ3n) is 1.46. The Labute approximate surface area is 75.1 Å². The number of hydrogen-bond acceptors (Lipinski definition) is 1. The van der Waals surface area contributed by atoms with Gasteiger partial charge in [-0.15, -0.1) is 0 Å². The Kier molecular flexibility index (Phi) is 6.16. The molecule has 12 heavy (non-hydrogen) atoms. The lowest BCUT2D eigenvalue weighted by Crippen LogP contribution is -1.77. The quantitative estimate of drug-likeness (QED) is 0.498. The van der Waals surface area contributed by atoms with E-state index < -0.39 is 0 Å². The minimum atomic E-state index is 0.355. The fraction of sp³-hybridized carbons (Fsp3) is 0.455. The first-order valence-electron chi connectivity index (χ1n) is 4.39. The molecule has 0 fully saturated rings. The number of aliphatic hydroxyl groups is 1. The molecule has 0 aliphatic heterocycles. The Morgan fingerprint density at radius 3 is 2.42 bits per heavy atom. The Morgan fingerprint density at radius 2 is 2.00 bits per heavy atom. The van der Waals surface area contributed by atoms with Crippen molar-refractivity contribution >= 4 is 0 Å². The number of allylic oxidation sites excluding steroid dienone is 6. The molecule has 0 bridgehead atoms. The van der Waals surface area contributed by atoms with Crippen LogP contribution in [0.5, 0.6) is 0 Å². The van der Waals surface area contributed by atoms with Crippen molar-refractivity contribution in [2.45, 2.75) is 33.6 Å². The van der Waals surface area contributed by atoms with Crippen LogP contribution in [0.1, 0.15) is 33.6 Å². The van der Waals surface area contributed by atoms with E-state index in [-0.39, 0.29) is 0 Å². The first-order chi connectivity index (χ1) is 5.70. The second-order valence-corrected chi connectivity index (χ2v) is 2.80. The summed E-state index contributed by atoms with van der Waals surface area (Å²) in [5.41, 5.74) is 1.26. The van der Waals surface area contributed by atoms with Gasteiger partial charge < -0.3 is 5.11 Å². The van der Waals surface area contributed by atoms with Gasteiger partial charge in [0.1, 0.15) is 0 Å². The van der Waals surface area contributed by atoms with E-state index in [1.807, 2.05) is 19.1 Å². The van der Waals surface area contributed by atoms with Crippen molar-refractivity contribution in [2.24, 2.45) is 0 Å². The fourth-order valence-corrected chi connectivity index (χ4v) is 0.953. The topological polar surface area (TPSA) is 20.2 Å². The number of aliphatic hydroxyl groups excluding tert-OH is 1. The Morgan fingerprint density at radius 1 is 1.33 bits per heavy atom. The lowest BCUT2D eigenvalue weighted by molar-refractivity contribution is 0.414. The van der Waals surface area contributed by atoms with Gasteiger partial charge in [0.15, 0.2) is 0 Å². The SMILES string of the molecule is C\C=C/C(=C\C=C(/C)O)CCC. The third kappa shape index (κ3) is 5.78. The summed E-state index contributed by atoms with van der Waals surface area (Å²) >= 11 is 0. The molecule has 0 saturated heterocycles. The summed E-state index contributed by atoms with van der Waals surface area (Å²) < 4.78 is 0. The van der Waals surface area contributed by atoms with Crippen LogP contribution < -0.4 is 0 Å². The minimum absolute atomic E-state index is 0.355. The van der Waals surface area contributed by atoms with E-state index in [9.17, 15) is 0 Å². The van der Waals surface area contributed by atoms with Crippen molar-refractivity contribution in [3.05, 3.63) is 35.6 Å². The summed E-state index contributed by atoms with van der Waals surface area (Å²) in [6, 6.07) is 0. The van der Waals surface area contributed by atoms with Gasteiger partial charge in [-0.25, -0.2) is 0 Å². The van der Waals surface area contributed by atoms with Gasteiger partial charge in [0, 0.05) is 0 Å². The highest BCUT2D eigenvalue weighted by molar-refractivity contribution is 5.23. The third-order valence-corrected chi connectivity index (χ3v) is 1.46. The Bertz CT molecular complexity index is 193. The molecule has 0 spiro atoms. The van der Waals surface area contributed by atoms with E-state index in [1.165, 1.54) is 5.57 Å². The maximum absolute atomic E-state index is 8.93. The molecule has 0 heterocycles. The van der Waals surface area contributed by atoms with Crippen molar-refractivity contribution in [2.75, 3.05) is 0 Å². The molecule has 0 aromatic rings. The van der Waals surface area contributed by atoms with E-state index in [2.05, 4.69) is 13.0 Å².